The zero-order valence-corrected chi connectivity index (χ0v) is 21.6. The Bertz CT molecular complexity index is 1060. The molecule has 0 aliphatic carbocycles. The number of anilines is 2. The van der Waals surface area contributed by atoms with Crippen LogP contribution in [0.15, 0.2) is 35.4 Å². The van der Waals surface area contributed by atoms with E-state index in [1.165, 1.54) is 10.5 Å². The standard InChI is InChI=1S/C20H28Cl2N4O3SSi/c1-20(2,3)31(4,5)29-14-10-11-26(13-14)30(27,28)17-9-7-6-8-16(17)24-18-15(21)12-23-19(22)25-18/h6-9,12,14H,10-11,13H2,1-5H3,(H,23,24,25)/t14-/m0/s1. The van der Waals surface area contributed by atoms with E-state index in [0.29, 0.717) is 25.2 Å². The summed E-state index contributed by atoms with van der Waals surface area (Å²) in [5.41, 5.74) is 0.368. The number of halogens is 2. The number of hydrogen-bond donors (Lipinski definition) is 1. The molecule has 1 aromatic carbocycles. The van der Waals surface area contributed by atoms with E-state index in [4.69, 9.17) is 27.6 Å². The number of nitrogens with one attached hydrogen (secondary N) is 1. The van der Waals surface area contributed by atoms with Crippen molar-refractivity contribution >= 4 is 53.0 Å². The number of aromatic nitrogens is 2. The summed E-state index contributed by atoms with van der Waals surface area (Å²) < 4.78 is 34.8. The fourth-order valence-electron chi connectivity index (χ4n) is 3.10. The number of sulfonamides is 1. The topological polar surface area (TPSA) is 84.4 Å². The van der Waals surface area contributed by atoms with Crippen LogP contribution in [0, 0.1) is 0 Å². The fraction of sp³-hybridized carbons (Fsp3) is 0.500. The van der Waals surface area contributed by atoms with Crippen LogP contribution in [0.2, 0.25) is 28.4 Å². The summed E-state index contributed by atoms with van der Waals surface area (Å²) in [4.78, 5) is 8.01. The summed E-state index contributed by atoms with van der Waals surface area (Å²) in [6, 6.07) is 6.66. The van der Waals surface area contributed by atoms with E-state index in [1.54, 1.807) is 24.3 Å². The van der Waals surface area contributed by atoms with Gasteiger partial charge in [-0.1, -0.05) is 44.5 Å². The second-order valence-electron chi connectivity index (χ2n) is 9.11. The van der Waals surface area contributed by atoms with Gasteiger partial charge in [0, 0.05) is 13.1 Å². The molecule has 2 aromatic rings. The summed E-state index contributed by atoms with van der Waals surface area (Å²) in [5.74, 6) is 0.241. The molecule has 1 N–H and O–H groups in total. The Kier molecular flexibility index (Phi) is 7.05. The predicted octanol–water partition coefficient (Wildman–Crippen LogP) is 5.31. The molecule has 1 aliphatic heterocycles. The lowest BCUT2D eigenvalue weighted by Crippen LogP contribution is -2.44. The van der Waals surface area contributed by atoms with Crippen LogP contribution in [0.3, 0.4) is 0 Å². The third kappa shape index (κ3) is 5.40. The van der Waals surface area contributed by atoms with Crippen LogP contribution in [0.4, 0.5) is 11.5 Å². The molecule has 11 heteroatoms. The van der Waals surface area contributed by atoms with Gasteiger partial charge < -0.3 is 9.74 Å². The Balaban J connectivity index is 1.83. The molecule has 1 atom stereocenters. The Morgan fingerprint density at radius 3 is 2.58 bits per heavy atom. The Hall–Kier alpha value is -1.23. The molecule has 0 saturated carbocycles. The van der Waals surface area contributed by atoms with Crippen molar-refractivity contribution in [2.24, 2.45) is 0 Å². The van der Waals surface area contributed by atoms with Crippen LogP contribution in [0.1, 0.15) is 27.2 Å². The minimum atomic E-state index is -3.75. The largest absolute Gasteiger partial charge is 0.413 e. The van der Waals surface area contributed by atoms with E-state index >= 15 is 0 Å². The van der Waals surface area contributed by atoms with E-state index < -0.39 is 18.3 Å². The third-order valence-electron chi connectivity index (χ3n) is 5.85. The Morgan fingerprint density at radius 1 is 1.23 bits per heavy atom. The maximum absolute atomic E-state index is 13.5. The first-order valence-electron chi connectivity index (χ1n) is 10.0. The highest BCUT2D eigenvalue weighted by molar-refractivity contribution is 7.89. The van der Waals surface area contributed by atoms with Crippen molar-refractivity contribution in [3.05, 3.63) is 40.8 Å². The van der Waals surface area contributed by atoms with Gasteiger partial charge in [0.25, 0.3) is 0 Å². The first-order chi connectivity index (χ1) is 14.3. The minimum absolute atomic E-state index is 0.0115. The molecule has 2 heterocycles. The van der Waals surface area contributed by atoms with Gasteiger partial charge in [-0.2, -0.15) is 9.29 Å². The number of rotatable bonds is 6. The third-order valence-corrected chi connectivity index (χ3v) is 12.8. The quantitative estimate of drug-likeness (QED) is 0.425. The lowest BCUT2D eigenvalue weighted by atomic mass is 10.2. The van der Waals surface area contributed by atoms with E-state index in [2.05, 4.69) is 49.1 Å². The smallest absolute Gasteiger partial charge is 0.245 e. The van der Waals surface area contributed by atoms with Crippen molar-refractivity contribution in [3.8, 4) is 0 Å². The lowest BCUT2D eigenvalue weighted by molar-refractivity contribution is 0.193. The fourth-order valence-corrected chi connectivity index (χ4v) is 6.39. The molecular formula is C20H28Cl2N4O3SSi. The van der Waals surface area contributed by atoms with Gasteiger partial charge in [0.05, 0.1) is 18.0 Å². The maximum Gasteiger partial charge on any atom is 0.245 e. The van der Waals surface area contributed by atoms with Gasteiger partial charge in [-0.05, 0) is 48.3 Å². The molecular weight excluding hydrogens is 475 g/mol. The molecule has 0 amide bonds. The van der Waals surface area contributed by atoms with Crippen LogP contribution in [0.25, 0.3) is 0 Å². The van der Waals surface area contributed by atoms with Crippen molar-refractivity contribution in [2.45, 2.75) is 56.3 Å². The molecule has 0 spiro atoms. The average molecular weight is 504 g/mol. The molecule has 31 heavy (non-hydrogen) atoms. The average Bonchev–Trinajstić information content (AvgIpc) is 3.13. The second-order valence-corrected chi connectivity index (χ2v) is 16.5. The number of benzene rings is 1. The summed E-state index contributed by atoms with van der Waals surface area (Å²) >= 11 is 12.0. The molecule has 1 fully saturated rings. The van der Waals surface area contributed by atoms with Crippen molar-refractivity contribution in [3.63, 3.8) is 0 Å². The molecule has 0 bridgehead atoms. The van der Waals surface area contributed by atoms with Crippen LogP contribution < -0.4 is 5.32 Å². The van der Waals surface area contributed by atoms with E-state index in [1.807, 2.05) is 0 Å². The highest BCUT2D eigenvalue weighted by Gasteiger charge is 2.42. The van der Waals surface area contributed by atoms with Gasteiger partial charge in [-0.3, -0.25) is 0 Å². The van der Waals surface area contributed by atoms with E-state index in [-0.39, 0.29) is 32.2 Å². The van der Waals surface area contributed by atoms with Crippen molar-refractivity contribution < 1.29 is 12.8 Å². The van der Waals surface area contributed by atoms with Gasteiger partial charge in [0.1, 0.15) is 9.92 Å². The minimum Gasteiger partial charge on any atom is -0.413 e. The summed E-state index contributed by atoms with van der Waals surface area (Å²) in [6.07, 6.45) is 1.93. The molecule has 0 radical (unpaired) electrons. The van der Waals surface area contributed by atoms with Crippen molar-refractivity contribution in [2.75, 3.05) is 18.4 Å². The Labute approximate surface area is 195 Å². The molecule has 3 rings (SSSR count). The molecule has 1 aromatic heterocycles. The molecule has 0 unspecified atom stereocenters. The van der Waals surface area contributed by atoms with Crippen LogP contribution in [-0.4, -0.2) is 50.2 Å². The lowest BCUT2D eigenvalue weighted by Gasteiger charge is -2.38. The second kappa shape index (κ2) is 8.96. The first-order valence-corrected chi connectivity index (χ1v) is 15.1. The number of nitrogens with zero attached hydrogens (tertiary/aromatic N) is 3. The van der Waals surface area contributed by atoms with Crippen LogP contribution in [-0.2, 0) is 14.4 Å². The first kappa shape index (κ1) is 24.4. The summed E-state index contributed by atoms with van der Waals surface area (Å²) in [6.45, 7) is 11.6. The van der Waals surface area contributed by atoms with Crippen molar-refractivity contribution in [1.29, 1.82) is 0 Å². The SMILES string of the molecule is CC(C)(C)[Si](C)(C)O[C@H]1CCN(S(=O)(=O)c2ccccc2Nc2nc(Cl)ncc2Cl)C1. The summed E-state index contributed by atoms with van der Waals surface area (Å²) in [7, 11) is -5.74. The van der Waals surface area contributed by atoms with Gasteiger partial charge in [-0.25, -0.2) is 13.4 Å². The highest BCUT2D eigenvalue weighted by Crippen LogP contribution is 2.39. The Morgan fingerprint density at radius 2 is 1.90 bits per heavy atom. The number of para-hydroxylation sites is 1. The van der Waals surface area contributed by atoms with E-state index in [9.17, 15) is 8.42 Å². The molecule has 1 saturated heterocycles. The normalized spacial score (nSPS) is 18.4. The van der Waals surface area contributed by atoms with Gasteiger partial charge in [-0.15, -0.1) is 0 Å². The molecule has 7 nitrogen and oxygen atoms in total. The monoisotopic (exact) mass is 502 g/mol. The zero-order valence-electron chi connectivity index (χ0n) is 18.3. The molecule has 170 valence electrons. The van der Waals surface area contributed by atoms with E-state index in [0.717, 1.165) is 0 Å². The number of hydrogen-bond acceptors (Lipinski definition) is 6. The predicted molar refractivity (Wildman–Crippen MR) is 127 cm³/mol. The van der Waals surface area contributed by atoms with Gasteiger partial charge in [0.15, 0.2) is 14.1 Å². The van der Waals surface area contributed by atoms with Crippen molar-refractivity contribution in [1.82, 2.24) is 14.3 Å². The zero-order chi connectivity index (χ0) is 23.0. The summed E-state index contributed by atoms with van der Waals surface area (Å²) in [5, 5.41) is 3.29. The highest BCUT2D eigenvalue weighted by atomic mass is 35.5. The molecule has 1 aliphatic rings. The van der Waals surface area contributed by atoms with Crippen LogP contribution in [0.5, 0.6) is 0 Å². The maximum atomic E-state index is 13.5. The van der Waals surface area contributed by atoms with Crippen LogP contribution >= 0.6 is 23.2 Å². The van der Waals surface area contributed by atoms with Gasteiger partial charge >= 0.3 is 0 Å². The van der Waals surface area contributed by atoms with Gasteiger partial charge in [0.2, 0.25) is 15.3 Å².